The summed E-state index contributed by atoms with van der Waals surface area (Å²) >= 11 is 19.8. The van der Waals surface area contributed by atoms with E-state index in [9.17, 15) is 18.0 Å². The highest BCUT2D eigenvalue weighted by atomic mass is 35.5. The van der Waals surface area contributed by atoms with E-state index in [1.807, 2.05) is 5.38 Å². The van der Waals surface area contributed by atoms with Gasteiger partial charge in [-0.3, -0.25) is 4.79 Å². The van der Waals surface area contributed by atoms with Gasteiger partial charge in [-0.2, -0.15) is 13.2 Å². The van der Waals surface area contributed by atoms with Gasteiger partial charge >= 0.3 is 6.18 Å². The minimum Gasteiger partial charge on any atom is -0.467 e. The first kappa shape index (κ1) is 27.9. The number of ether oxygens (including phenoxy) is 1. The Balaban J connectivity index is 1.14. The Morgan fingerprint density at radius 2 is 1.90 bits per heavy atom. The lowest BCUT2D eigenvalue weighted by Crippen LogP contribution is -2.40. The first-order valence-electron chi connectivity index (χ1n) is 11.9. The van der Waals surface area contributed by atoms with E-state index in [0.717, 1.165) is 23.0 Å². The van der Waals surface area contributed by atoms with Crippen molar-refractivity contribution < 1.29 is 27.5 Å². The van der Waals surface area contributed by atoms with Gasteiger partial charge in [0.15, 0.2) is 12.7 Å². The maximum atomic E-state index is 13.2. The Hall–Kier alpha value is -2.60. The average Bonchev–Trinajstić information content (AvgIpc) is 3.58. The zero-order chi connectivity index (χ0) is 27.7. The topological polar surface area (TPSA) is 76.9 Å². The molecule has 14 heteroatoms. The van der Waals surface area contributed by atoms with E-state index in [4.69, 9.17) is 49.4 Å². The van der Waals surface area contributed by atoms with Crippen LogP contribution in [0.4, 0.5) is 13.2 Å². The summed E-state index contributed by atoms with van der Waals surface area (Å²) in [5.41, 5.74) is 0.998. The summed E-state index contributed by atoms with van der Waals surface area (Å²) in [6, 6.07) is 5.99. The first-order valence-corrected chi connectivity index (χ1v) is 13.9. The molecule has 7 nitrogen and oxygen atoms in total. The Morgan fingerprint density at radius 1 is 1.18 bits per heavy atom. The third kappa shape index (κ3) is 6.26. The molecular weight excluding hydrogens is 600 g/mol. The number of nitrogens with zero attached hydrogens (tertiary/aromatic N) is 4. The highest BCUT2D eigenvalue weighted by molar-refractivity contribution is 7.10. The molecule has 2 aliphatic rings. The molecule has 1 atom stereocenters. The summed E-state index contributed by atoms with van der Waals surface area (Å²) < 4.78 is 44.8. The van der Waals surface area contributed by atoms with Gasteiger partial charge < -0.3 is 14.5 Å². The van der Waals surface area contributed by atoms with E-state index in [2.05, 4.69) is 10.1 Å². The van der Waals surface area contributed by atoms with Crippen LogP contribution in [0, 0.1) is 0 Å². The van der Waals surface area contributed by atoms with E-state index >= 15 is 0 Å². The second-order valence-electron chi connectivity index (χ2n) is 8.99. The molecule has 0 bridgehead atoms. The predicted octanol–water partition coefficient (Wildman–Crippen LogP) is 7.17. The molecule has 3 aromatic rings. The summed E-state index contributed by atoms with van der Waals surface area (Å²) in [5, 5.41) is 7.91. The van der Waals surface area contributed by atoms with Crippen LogP contribution in [0.3, 0.4) is 0 Å². The van der Waals surface area contributed by atoms with E-state index in [-0.39, 0.29) is 10.9 Å². The molecule has 0 radical (unpaired) electrons. The Kier molecular flexibility index (Phi) is 8.23. The normalized spacial score (nSPS) is 18.2. The summed E-state index contributed by atoms with van der Waals surface area (Å²) in [4.78, 5) is 28.2. The smallest absolute Gasteiger partial charge is 0.421 e. The lowest BCUT2D eigenvalue weighted by molar-refractivity contribution is -0.141. The third-order valence-corrected chi connectivity index (χ3v) is 8.33. The van der Waals surface area contributed by atoms with E-state index in [1.54, 1.807) is 23.1 Å². The van der Waals surface area contributed by atoms with Gasteiger partial charge in [0.05, 0.1) is 15.7 Å². The number of pyridine rings is 1. The fourth-order valence-corrected chi connectivity index (χ4v) is 6.25. The molecule has 0 saturated carbocycles. The summed E-state index contributed by atoms with van der Waals surface area (Å²) in [6.07, 6.45) is -2.25. The van der Waals surface area contributed by atoms with Crippen LogP contribution in [0.25, 0.3) is 0 Å². The molecule has 1 saturated heterocycles. The van der Waals surface area contributed by atoms with Crippen LogP contribution in [-0.4, -0.2) is 46.2 Å². The van der Waals surface area contributed by atoms with Crippen LogP contribution in [0.2, 0.25) is 15.1 Å². The molecule has 2 aromatic heterocycles. The van der Waals surface area contributed by atoms with Gasteiger partial charge in [-0.1, -0.05) is 46.0 Å². The van der Waals surface area contributed by atoms with Crippen LogP contribution in [-0.2, 0) is 15.8 Å². The number of hydrogen-bond acceptors (Lipinski definition) is 7. The molecule has 39 heavy (non-hydrogen) atoms. The third-order valence-electron chi connectivity index (χ3n) is 6.46. The van der Waals surface area contributed by atoms with E-state index in [0.29, 0.717) is 53.7 Å². The fourth-order valence-electron chi connectivity index (χ4n) is 4.45. The quantitative estimate of drug-likeness (QED) is 0.293. The van der Waals surface area contributed by atoms with Crippen molar-refractivity contribution in [2.24, 2.45) is 5.16 Å². The van der Waals surface area contributed by atoms with Crippen molar-refractivity contribution in [2.45, 2.75) is 37.5 Å². The molecule has 206 valence electrons. The number of likely N-dealkylation sites (tertiary alicyclic amines) is 1. The van der Waals surface area contributed by atoms with Crippen molar-refractivity contribution in [1.82, 2.24) is 14.9 Å². The van der Waals surface area contributed by atoms with E-state index < -0.39 is 36.2 Å². The van der Waals surface area contributed by atoms with Gasteiger partial charge in [0, 0.05) is 52.6 Å². The zero-order valence-electron chi connectivity index (χ0n) is 20.1. The number of piperidine rings is 1. The highest BCUT2D eigenvalue weighted by Crippen LogP contribution is 2.39. The Morgan fingerprint density at radius 3 is 2.59 bits per heavy atom. The lowest BCUT2D eigenvalue weighted by atomic mass is 9.97. The summed E-state index contributed by atoms with van der Waals surface area (Å²) in [7, 11) is 0. The van der Waals surface area contributed by atoms with Crippen molar-refractivity contribution in [3.05, 3.63) is 72.7 Å². The van der Waals surface area contributed by atoms with Crippen LogP contribution in [0.5, 0.6) is 5.88 Å². The molecular formula is C25H20Cl3F3N4O3S. The second kappa shape index (κ2) is 11.5. The van der Waals surface area contributed by atoms with Gasteiger partial charge in [0.2, 0.25) is 5.88 Å². The molecule has 5 rings (SSSR count). The molecule has 2 aliphatic heterocycles. The second-order valence-corrected chi connectivity index (χ2v) is 11.1. The number of carbonyl (C=O) groups is 1. The minimum absolute atomic E-state index is 0.139. The number of oxime groups is 1. The summed E-state index contributed by atoms with van der Waals surface area (Å²) in [5.74, 6) is -0.955. The van der Waals surface area contributed by atoms with Crippen molar-refractivity contribution in [3.8, 4) is 5.88 Å². The number of amides is 1. The average molecular weight is 620 g/mol. The van der Waals surface area contributed by atoms with Crippen molar-refractivity contribution >= 4 is 57.8 Å². The van der Waals surface area contributed by atoms with Gasteiger partial charge in [-0.15, -0.1) is 11.3 Å². The lowest BCUT2D eigenvalue weighted by Gasteiger charge is -2.31. The molecule has 1 aromatic carbocycles. The number of thiazole rings is 1. The largest absolute Gasteiger partial charge is 0.467 e. The van der Waals surface area contributed by atoms with Gasteiger partial charge in [0.25, 0.3) is 5.91 Å². The number of hydrogen-bond donors (Lipinski definition) is 0. The van der Waals surface area contributed by atoms with Gasteiger partial charge in [-0.05, 0) is 31.0 Å². The number of carbonyl (C=O) groups excluding carboxylic acids is 1. The molecule has 0 N–H and O–H groups in total. The molecule has 0 aliphatic carbocycles. The number of benzene rings is 1. The van der Waals surface area contributed by atoms with Crippen molar-refractivity contribution in [2.75, 3.05) is 19.7 Å². The number of alkyl halides is 3. The maximum Gasteiger partial charge on any atom is 0.421 e. The van der Waals surface area contributed by atoms with Crippen LogP contribution < -0.4 is 4.74 Å². The van der Waals surface area contributed by atoms with Crippen LogP contribution in [0.1, 0.15) is 53.1 Å². The SMILES string of the molecule is O=C(COc1ncc(Cl)cc1C(F)(F)F)N1CCC(c2nc(C3=NOC(c4c(Cl)cccc4Cl)C3)cs2)CC1. The molecule has 1 unspecified atom stereocenters. The van der Waals surface area contributed by atoms with Gasteiger partial charge in [-0.25, -0.2) is 9.97 Å². The fraction of sp³-hybridized carbons (Fsp3) is 0.360. The van der Waals surface area contributed by atoms with Crippen molar-refractivity contribution in [1.29, 1.82) is 0 Å². The van der Waals surface area contributed by atoms with Crippen molar-refractivity contribution in [3.63, 3.8) is 0 Å². The van der Waals surface area contributed by atoms with Gasteiger partial charge in [0.1, 0.15) is 11.3 Å². The predicted molar refractivity (Wildman–Crippen MR) is 142 cm³/mol. The Bertz CT molecular complexity index is 1390. The molecule has 4 heterocycles. The first-order chi connectivity index (χ1) is 18.6. The highest BCUT2D eigenvalue weighted by Gasteiger charge is 2.36. The molecule has 0 spiro atoms. The Labute approximate surface area is 240 Å². The number of aromatic nitrogens is 2. The molecule has 1 amide bonds. The standard InChI is InChI=1S/C25H20Cl3F3N4O3S/c26-14-8-15(25(29,30)31)23(32-10-14)37-11-21(36)35-6-4-13(5-7-35)24-33-19(12-39-24)18-9-20(38-34-18)22-16(27)2-1-3-17(22)28/h1-3,8,10,12-13,20H,4-7,9,11H2. The monoisotopic (exact) mass is 618 g/mol. The molecule has 1 fully saturated rings. The number of rotatable bonds is 6. The van der Waals surface area contributed by atoms with E-state index in [1.165, 1.54) is 11.3 Å². The maximum absolute atomic E-state index is 13.2. The number of halogens is 6. The van der Waals surface area contributed by atoms with Crippen LogP contribution in [0.15, 0.2) is 41.0 Å². The minimum atomic E-state index is -4.71. The zero-order valence-corrected chi connectivity index (χ0v) is 23.1. The van der Waals surface area contributed by atoms with Crippen LogP contribution >= 0.6 is 46.1 Å². The summed E-state index contributed by atoms with van der Waals surface area (Å²) in [6.45, 7) is 0.304.